The normalized spacial score (nSPS) is 48.2. The molecule has 4 fully saturated rings. The predicted octanol–water partition coefficient (Wildman–Crippen LogP) is 8.09. The van der Waals surface area contributed by atoms with Crippen LogP contribution in [0.15, 0.2) is 0 Å². The van der Waals surface area contributed by atoms with Crippen molar-refractivity contribution < 1.29 is 4.79 Å². The maximum Gasteiger partial charge on any atom is 0.145 e. The van der Waals surface area contributed by atoms with Crippen molar-refractivity contribution in [1.29, 1.82) is 0 Å². The lowest BCUT2D eigenvalue weighted by Crippen LogP contribution is -2.55. The minimum absolute atomic E-state index is 0.276. The van der Waals surface area contributed by atoms with Gasteiger partial charge in [0.15, 0.2) is 0 Å². The van der Waals surface area contributed by atoms with Crippen LogP contribution in [0.2, 0.25) is 0 Å². The zero-order valence-electron chi connectivity index (χ0n) is 19.7. The first-order valence-electron chi connectivity index (χ1n) is 12.8. The second kappa shape index (κ2) is 8.39. The zero-order valence-corrected chi connectivity index (χ0v) is 21.8. The molecule has 4 saturated carbocycles. The Morgan fingerprint density at radius 2 is 1.69 bits per heavy atom. The first-order valence-corrected chi connectivity index (χ1v) is 14.1. The summed E-state index contributed by atoms with van der Waals surface area (Å²) in [5, 5.41) is 0. The highest BCUT2D eigenvalue weighted by molar-refractivity contribution is 14.1. The van der Waals surface area contributed by atoms with Gasteiger partial charge in [0.05, 0.1) is 3.92 Å². The van der Waals surface area contributed by atoms with Crippen LogP contribution in [0.3, 0.4) is 0 Å². The number of halogens is 1. The number of rotatable bonds is 5. The molecule has 0 radical (unpaired) electrons. The average molecular weight is 513 g/mol. The van der Waals surface area contributed by atoms with Crippen LogP contribution >= 0.6 is 22.6 Å². The number of hydrogen-bond donors (Lipinski definition) is 0. The van der Waals surface area contributed by atoms with Crippen molar-refractivity contribution in [2.75, 3.05) is 0 Å². The summed E-state index contributed by atoms with van der Waals surface area (Å²) < 4.78 is 0.276. The fourth-order valence-electron chi connectivity index (χ4n) is 9.08. The summed E-state index contributed by atoms with van der Waals surface area (Å²) in [6, 6.07) is 0. The molecular formula is C27H45IO. The number of carbonyl (C=O) groups excluding carboxylic acids is 1. The molecule has 4 rings (SSSR count). The van der Waals surface area contributed by atoms with Crippen molar-refractivity contribution >= 4 is 28.4 Å². The summed E-state index contributed by atoms with van der Waals surface area (Å²) in [6.07, 6.45) is 14.9. The third-order valence-corrected chi connectivity index (χ3v) is 11.8. The van der Waals surface area contributed by atoms with Crippen LogP contribution in [0.5, 0.6) is 0 Å². The Kier molecular flexibility index (Phi) is 6.54. The van der Waals surface area contributed by atoms with Gasteiger partial charge in [-0.05, 0) is 97.2 Å². The zero-order chi connectivity index (χ0) is 21.0. The molecule has 4 aliphatic rings. The molecule has 0 saturated heterocycles. The number of alkyl halides is 1. The smallest absolute Gasteiger partial charge is 0.145 e. The molecule has 166 valence electrons. The fraction of sp³-hybridized carbons (Fsp3) is 0.963. The summed E-state index contributed by atoms with van der Waals surface area (Å²) in [6.45, 7) is 12.6. The van der Waals surface area contributed by atoms with Crippen LogP contribution in [-0.4, -0.2) is 9.71 Å². The Hall–Kier alpha value is 0.400. The number of ketones is 1. The molecule has 0 bridgehead atoms. The molecule has 4 aliphatic carbocycles. The van der Waals surface area contributed by atoms with Crippen molar-refractivity contribution in [3.8, 4) is 0 Å². The molecule has 0 aromatic carbocycles. The Morgan fingerprint density at radius 1 is 0.966 bits per heavy atom. The molecule has 1 nitrogen and oxygen atoms in total. The first kappa shape index (κ1) is 22.6. The van der Waals surface area contributed by atoms with Crippen LogP contribution in [-0.2, 0) is 4.79 Å². The largest absolute Gasteiger partial charge is 0.299 e. The number of carbonyl (C=O) groups is 1. The van der Waals surface area contributed by atoms with E-state index in [1.54, 1.807) is 0 Å². The number of hydrogen-bond acceptors (Lipinski definition) is 1. The molecule has 2 unspecified atom stereocenters. The topological polar surface area (TPSA) is 17.1 Å². The minimum Gasteiger partial charge on any atom is -0.299 e. The van der Waals surface area contributed by atoms with Gasteiger partial charge >= 0.3 is 0 Å². The molecule has 0 aromatic rings. The summed E-state index contributed by atoms with van der Waals surface area (Å²) >= 11 is 2.46. The third-order valence-electron chi connectivity index (χ3n) is 10.7. The molecule has 0 N–H and O–H groups in total. The molecule has 0 heterocycles. The lowest BCUT2D eigenvalue weighted by Gasteiger charge is -2.61. The Labute approximate surface area is 194 Å². The van der Waals surface area contributed by atoms with E-state index in [1.807, 2.05) is 0 Å². The maximum atomic E-state index is 12.4. The standard InChI is InChI=1S/C27H45IO/c1-17(2)7-6-8-18(3)21-11-12-22-20-10-9-19-15-25(29)24(28)16-27(19,5)23(20)13-14-26(21,22)4/h17-24H,6-16H2,1-5H3/t18-,19?,20+,21-,22+,23+,24?,26-,27+/m1/s1. The van der Waals surface area contributed by atoms with Crippen molar-refractivity contribution in [3.63, 3.8) is 0 Å². The van der Waals surface area contributed by atoms with Crippen LogP contribution < -0.4 is 0 Å². The van der Waals surface area contributed by atoms with Gasteiger partial charge in [-0.3, -0.25) is 4.79 Å². The van der Waals surface area contributed by atoms with Crippen LogP contribution in [0.1, 0.15) is 105 Å². The van der Waals surface area contributed by atoms with Gasteiger partial charge in [0.1, 0.15) is 5.78 Å². The molecule has 0 amide bonds. The van der Waals surface area contributed by atoms with Crippen LogP contribution in [0.4, 0.5) is 0 Å². The summed E-state index contributed by atoms with van der Waals surface area (Å²) in [4.78, 5) is 12.4. The van der Waals surface area contributed by atoms with E-state index in [2.05, 4.69) is 57.2 Å². The van der Waals surface area contributed by atoms with Crippen molar-refractivity contribution in [2.24, 2.45) is 52.3 Å². The third kappa shape index (κ3) is 3.88. The molecule has 29 heavy (non-hydrogen) atoms. The molecule has 0 aromatic heterocycles. The van der Waals surface area contributed by atoms with Crippen molar-refractivity contribution in [1.82, 2.24) is 0 Å². The maximum absolute atomic E-state index is 12.4. The minimum atomic E-state index is 0.276. The lowest BCUT2D eigenvalue weighted by molar-refractivity contribution is -0.138. The van der Waals surface area contributed by atoms with Gasteiger partial charge in [0, 0.05) is 6.42 Å². The molecule has 0 spiro atoms. The molecule has 2 heteroatoms. The van der Waals surface area contributed by atoms with E-state index in [4.69, 9.17) is 0 Å². The number of fused-ring (bicyclic) bond motifs is 5. The first-order chi connectivity index (χ1) is 13.7. The van der Waals surface area contributed by atoms with Gasteiger partial charge in [0.25, 0.3) is 0 Å². The molecule has 9 atom stereocenters. The monoisotopic (exact) mass is 512 g/mol. The van der Waals surface area contributed by atoms with E-state index in [0.717, 1.165) is 48.3 Å². The van der Waals surface area contributed by atoms with Crippen molar-refractivity contribution in [2.45, 2.75) is 109 Å². The second-order valence-corrected chi connectivity index (χ2v) is 14.0. The lowest BCUT2D eigenvalue weighted by atomic mass is 9.44. The predicted molar refractivity (Wildman–Crippen MR) is 131 cm³/mol. The summed E-state index contributed by atoms with van der Waals surface area (Å²) in [7, 11) is 0. The average Bonchev–Trinajstić information content (AvgIpc) is 3.00. The summed E-state index contributed by atoms with van der Waals surface area (Å²) in [5.74, 6) is 6.72. The quantitative estimate of drug-likeness (QED) is 0.269. The van der Waals surface area contributed by atoms with Gasteiger partial charge in [-0.25, -0.2) is 0 Å². The van der Waals surface area contributed by atoms with E-state index < -0.39 is 0 Å². The van der Waals surface area contributed by atoms with Gasteiger partial charge in [-0.2, -0.15) is 0 Å². The van der Waals surface area contributed by atoms with Crippen molar-refractivity contribution in [3.05, 3.63) is 0 Å². The highest BCUT2D eigenvalue weighted by Gasteiger charge is 2.61. The van der Waals surface area contributed by atoms with Crippen LogP contribution in [0, 0.1) is 52.3 Å². The Balaban J connectivity index is 1.48. The number of Topliss-reactive ketones (excluding diaryl/α,β-unsaturated/α-hetero) is 1. The van der Waals surface area contributed by atoms with Crippen LogP contribution in [0.25, 0.3) is 0 Å². The van der Waals surface area contributed by atoms with E-state index in [-0.39, 0.29) is 3.92 Å². The highest BCUT2D eigenvalue weighted by atomic mass is 127. The van der Waals surface area contributed by atoms with Gasteiger partial charge in [-0.1, -0.05) is 76.5 Å². The van der Waals surface area contributed by atoms with E-state index >= 15 is 0 Å². The fourth-order valence-corrected chi connectivity index (χ4v) is 10.3. The highest BCUT2D eigenvalue weighted by Crippen LogP contribution is 2.68. The summed E-state index contributed by atoms with van der Waals surface area (Å²) in [5.41, 5.74) is 1.03. The Bertz CT molecular complexity index is 614. The molecule has 0 aliphatic heterocycles. The van der Waals surface area contributed by atoms with Gasteiger partial charge in [-0.15, -0.1) is 0 Å². The van der Waals surface area contributed by atoms with E-state index in [1.165, 1.54) is 57.8 Å². The molecular weight excluding hydrogens is 467 g/mol. The van der Waals surface area contributed by atoms with E-state index in [0.29, 0.717) is 22.5 Å². The SMILES string of the molecule is CC(C)CCC[C@@H](C)[C@H]1CC[C@H]2[C@@H]3CCC4CC(=O)C(I)C[C@]4(C)[C@H]3CC[C@]12C. The Morgan fingerprint density at radius 3 is 2.41 bits per heavy atom. The second-order valence-electron chi connectivity index (χ2n) is 12.5. The van der Waals surface area contributed by atoms with Gasteiger partial charge < -0.3 is 0 Å². The van der Waals surface area contributed by atoms with Gasteiger partial charge in [0.2, 0.25) is 0 Å². The van der Waals surface area contributed by atoms with E-state index in [9.17, 15) is 4.79 Å².